The predicted octanol–water partition coefficient (Wildman–Crippen LogP) is 2.32. The Kier molecular flexibility index (Phi) is 5.02. The van der Waals surface area contributed by atoms with Crippen molar-refractivity contribution in [3.63, 3.8) is 0 Å². The van der Waals surface area contributed by atoms with Gasteiger partial charge in [0.25, 0.3) is 0 Å². The molecule has 2 rings (SSSR count). The summed E-state index contributed by atoms with van der Waals surface area (Å²) in [7, 11) is 2.04. The number of anilines is 1. The Morgan fingerprint density at radius 1 is 1.33 bits per heavy atom. The molecule has 0 fully saturated rings. The fourth-order valence-corrected chi connectivity index (χ4v) is 2.78. The monoisotopic (exact) mass is 248 g/mol. The molecule has 0 saturated heterocycles. The third kappa shape index (κ3) is 3.03. The van der Waals surface area contributed by atoms with Crippen LogP contribution in [0.4, 0.5) is 5.69 Å². The van der Waals surface area contributed by atoms with Gasteiger partial charge >= 0.3 is 0 Å². The van der Waals surface area contributed by atoms with Crippen LogP contribution in [-0.4, -0.2) is 31.9 Å². The number of nitrogens with zero attached hydrogens (tertiary/aromatic N) is 1. The molecule has 1 aliphatic heterocycles. The second-order valence-corrected chi connectivity index (χ2v) is 4.96. The number of fused-ring (bicyclic) bond motifs is 1. The minimum atomic E-state index is 0.300. The van der Waals surface area contributed by atoms with Crippen molar-refractivity contribution in [2.75, 3.05) is 31.6 Å². The van der Waals surface area contributed by atoms with Crippen molar-refractivity contribution in [2.24, 2.45) is 0 Å². The number of hydrogen-bond donors (Lipinski definition) is 2. The van der Waals surface area contributed by atoms with Crippen molar-refractivity contribution in [3.8, 4) is 0 Å². The van der Waals surface area contributed by atoms with Crippen LogP contribution in [0.1, 0.15) is 37.3 Å². The highest BCUT2D eigenvalue weighted by atomic mass is 16.2. The van der Waals surface area contributed by atoms with E-state index in [1.165, 1.54) is 24.1 Å². The summed E-state index contributed by atoms with van der Waals surface area (Å²) in [5, 5.41) is 12.3. The van der Waals surface area contributed by atoms with Crippen molar-refractivity contribution in [1.82, 2.24) is 5.32 Å². The lowest BCUT2D eigenvalue weighted by Gasteiger charge is -2.25. The summed E-state index contributed by atoms with van der Waals surface area (Å²) in [4.78, 5) is 2.47. The molecule has 3 nitrogen and oxygen atoms in total. The van der Waals surface area contributed by atoms with Crippen LogP contribution in [0.2, 0.25) is 0 Å². The lowest BCUT2D eigenvalue weighted by molar-refractivity contribution is 0.285. The maximum absolute atomic E-state index is 8.90. The van der Waals surface area contributed by atoms with E-state index in [0.29, 0.717) is 12.6 Å². The van der Waals surface area contributed by atoms with Gasteiger partial charge in [-0.1, -0.05) is 18.2 Å². The summed E-state index contributed by atoms with van der Waals surface area (Å²) in [6, 6.07) is 9.19. The van der Waals surface area contributed by atoms with Gasteiger partial charge in [0, 0.05) is 31.4 Å². The standard InChI is InChI=1S/C15H24N2O/c1-16-14-8-6-11-17(10-4-5-12-18)15-9-3-2-7-13(14)15/h2-3,7,9,14,16,18H,4-6,8,10-12H2,1H3. The van der Waals surface area contributed by atoms with Gasteiger partial charge < -0.3 is 15.3 Å². The molecule has 1 aromatic rings. The quantitative estimate of drug-likeness (QED) is 0.785. The minimum Gasteiger partial charge on any atom is -0.396 e. The van der Waals surface area contributed by atoms with Crippen LogP contribution in [0, 0.1) is 0 Å². The van der Waals surface area contributed by atoms with E-state index < -0.39 is 0 Å². The Morgan fingerprint density at radius 3 is 2.94 bits per heavy atom. The minimum absolute atomic E-state index is 0.300. The van der Waals surface area contributed by atoms with Crippen LogP contribution in [0.25, 0.3) is 0 Å². The normalized spacial score (nSPS) is 19.4. The van der Waals surface area contributed by atoms with Crippen molar-refractivity contribution >= 4 is 5.69 Å². The van der Waals surface area contributed by atoms with Crippen molar-refractivity contribution < 1.29 is 5.11 Å². The van der Waals surface area contributed by atoms with Crippen LogP contribution in [0.15, 0.2) is 24.3 Å². The number of aliphatic hydroxyl groups excluding tert-OH is 1. The second kappa shape index (κ2) is 6.76. The number of para-hydroxylation sites is 1. The number of unbranched alkanes of at least 4 members (excludes halogenated alkanes) is 1. The van der Waals surface area contributed by atoms with Gasteiger partial charge in [-0.15, -0.1) is 0 Å². The highest BCUT2D eigenvalue weighted by molar-refractivity contribution is 5.55. The molecule has 1 atom stereocenters. The molecule has 1 unspecified atom stereocenters. The molecular formula is C15H24N2O. The maximum atomic E-state index is 8.90. The molecule has 0 aromatic heterocycles. The molecule has 1 aliphatic rings. The van der Waals surface area contributed by atoms with Crippen LogP contribution < -0.4 is 10.2 Å². The SMILES string of the molecule is CNC1CCCN(CCCCO)c2ccccc21. The van der Waals surface area contributed by atoms with E-state index in [1.807, 2.05) is 7.05 Å². The topological polar surface area (TPSA) is 35.5 Å². The smallest absolute Gasteiger partial charge is 0.0431 e. The number of aliphatic hydroxyl groups is 1. The molecule has 1 heterocycles. The Morgan fingerprint density at radius 2 is 2.17 bits per heavy atom. The number of hydrogen-bond acceptors (Lipinski definition) is 3. The van der Waals surface area contributed by atoms with Gasteiger partial charge in [0.1, 0.15) is 0 Å². The number of rotatable bonds is 5. The first-order valence-electron chi connectivity index (χ1n) is 6.99. The molecule has 0 amide bonds. The van der Waals surface area contributed by atoms with Gasteiger partial charge in [0.05, 0.1) is 0 Å². The molecule has 0 bridgehead atoms. The van der Waals surface area contributed by atoms with E-state index in [-0.39, 0.29) is 0 Å². The Labute approximate surface area is 110 Å². The largest absolute Gasteiger partial charge is 0.396 e. The van der Waals surface area contributed by atoms with Crippen molar-refractivity contribution in [2.45, 2.75) is 31.7 Å². The van der Waals surface area contributed by atoms with E-state index in [0.717, 1.165) is 25.9 Å². The highest BCUT2D eigenvalue weighted by Gasteiger charge is 2.20. The summed E-state index contributed by atoms with van der Waals surface area (Å²) in [6.45, 7) is 2.48. The second-order valence-electron chi connectivity index (χ2n) is 4.96. The molecule has 2 N–H and O–H groups in total. The van der Waals surface area contributed by atoms with E-state index in [9.17, 15) is 0 Å². The average Bonchev–Trinajstić information content (AvgIpc) is 2.59. The summed E-state index contributed by atoms with van der Waals surface area (Å²) in [6.07, 6.45) is 4.38. The zero-order chi connectivity index (χ0) is 12.8. The molecule has 0 radical (unpaired) electrons. The molecule has 1 aromatic carbocycles. The lowest BCUT2D eigenvalue weighted by Crippen LogP contribution is -2.25. The van der Waals surface area contributed by atoms with E-state index in [2.05, 4.69) is 34.5 Å². The summed E-state index contributed by atoms with van der Waals surface area (Å²) >= 11 is 0. The van der Waals surface area contributed by atoms with Gasteiger partial charge in [-0.2, -0.15) is 0 Å². The zero-order valence-electron chi connectivity index (χ0n) is 11.2. The van der Waals surface area contributed by atoms with E-state index in [1.54, 1.807) is 0 Å². The van der Waals surface area contributed by atoms with Gasteiger partial charge in [-0.05, 0) is 44.4 Å². The van der Waals surface area contributed by atoms with Crippen LogP contribution >= 0.6 is 0 Å². The first kappa shape index (κ1) is 13.4. The molecular weight excluding hydrogens is 224 g/mol. The van der Waals surface area contributed by atoms with Crippen molar-refractivity contribution in [1.29, 1.82) is 0 Å². The molecule has 0 aliphatic carbocycles. The number of nitrogens with one attached hydrogen (secondary N) is 1. The summed E-state index contributed by atoms with van der Waals surface area (Å²) in [5.41, 5.74) is 2.79. The zero-order valence-corrected chi connectivity index (χ0v) is 11.2. The van der Waals surface area contributed by atoms with E-state index >= 15 is 0 Å². The fraction of sp³-hybridized carbons (Fsp3) is 0.600. The third-order valence-electron chi connectivity index (χ3n) is 3.76. The molecule has 18 heavy (non-hydrogen) atoms. The predicted molar refractivity (Wildman–Crippen MR) is 76.0 cm³/mol. The van der Waals surface area contributed by atoms with Crippen molar-refractivity contribution in [3.05, 3.63) is 29.8 Å². The van der Waals surface area contributed by atoms with Crippen LogP contribution in [0.3, 0.4) is 0 Å². The highest BCUT2D eigenvalue weighted by Crippen LogP contribution is 2.32. The Bertz CT molecular complexity index is 367. The summed E-state index contributed by atoms with van der Waals surface area (Å²) < 4.78 is 0. The van der Waals surface area contributed by atoms with Gasteiger partial charge in [0.15, 0.2) is 0 Å². The first-order chi connectivity index (χ1) is 8.86. The van der Waals surface area contributed by atoms with Gasteiger partial charge in [-0.3, -0.25) is 0 Å². The fourth-order valence-electron chi connectivity index (χ4n) is 2.78. The Hall–Kier alpha value is -1.06. The van der Waals surface area contributed by atoms with Crippen LogP contribution in [-0.2, 0) is 0 Å². The maximum Gasteiger partial charge on any atom is 0.0431 e. The molecule has 0 saturated carbocycles. The number of benzene rings is 1. The first-order valence-corrected chi connectivity index (χ1v) is 6.99. The van der Waals surface area contributed by atoms with Gasteiger partial charge in [-0.25, -0.2) is 0 Å². The van der Waals surface area contributed by atoms with E-state index in [4.69, 9.17) is 5.11 Å². The van der Waals surface area contributed by atoms with Crippen LogP contribution in [0.5, 0.6) is 0 Å². The lowest BCUT2D eigenvalue weighted by atomic mass is 10.0. The van der Waals surface area contributed by atoms with Gasteiger partial charge in [0.2, 0.25) is 0 Å². The average molecular weight is 248 g/mol. The third-order valence-corrected chi connectivity index (χ3v) is 3.76. The Balaban J connectivity index is 2.16. The summed E-state index contributed by atoms with van der Waals surface area (Å²) in [5.74, 6) is 0. The molecule has 3 heteroatoms. The molecule has 100 valence electrons. The molecule has 0 spiro atoms.